The molecule has 1 aromatic carbocycles. The van der Waals surface area contributed by atoms with Gasteiger partial charge in [0, 0.05) is 6.54 Å². The minimum Gasteiger partial charge on any atom is -0.507 e. The van der Waals surface area contributed by atoms with E-state index in [2.05, 4.69) is 0 Å². The maximum absolute atomic E-state index is 12.5. The third-order valence-electron chi connectivity index (χ3n) is 4.69. The van der Waals surface area contributed by atoms with Crippen LogP contribution >= 0.6 is 0 Å². The molecule has 132 valence electrons. The monoisotopic (exact) mass is 345 g/mol. The molecule has 0 bridgehead atoms. The highest BCUT2D eigenvalue weighted by Gasteiger charge is 2.34. The van der Waals surface area contributed by atoms with Crippen molar-refractivity contribution in [1.29, 1.82) is 0 Å². The van der Waals surface area contributed by atoms with Gasteiger partial charge in [0.15, 0.2) is 0 Å². The molecule has 1 fully saturated rings. The molecule has 0 radical (unpaired) electrons. The largest absolute Gasteiger partial charge is 0.507 e. The highest BCUT2D eigenvalue weighted by atomic mass is 16.4. The summed E-state index contributed by atoms with van der Waals surface area (Å²) in [5.74, 6) is -1.48. The average Bonchev–Trinajstić information content (AvgIpc) is 3.00. The van der Waals surface area contributed by atoms with Crippen molar-refractivity contribution in [1.82, 2.24) is 4.90 Å². The fourth-order valence-electron chi connectivity index (χ4n) is 3.44. The van der Waals surface area contributed by atoms with Crippen LogP contribution < -0.4 is 5.63 Å². The van der Waals surface area contributed by atoms with Gasteiger partial charge in [-0.15, -0.1) is 0 Å². The number of carboxylic acids is 1. The van der Waals surface area contributed by atoms with Crippen LogP contribution in [0, 0.1) is 13.8 Å². The van der Waals surface area contributed by atoms with E-state index in [0.717, 1.165) is 5.56 Å². The molecule has 2 aromatic rings. The predicted octanol–water partition coefficient (Wildman–Crippen LogP) is 1.73. The molecule has 3 rings (SSSR count). The number of aromatic hydroxyl groups is 1. The maximum Gasteiger partial charge on any atom is 0.340 e. The molecule has 0 unspecified atom stereocenters. The molecule has 2 N–H and O–H groups in total. The average molecular weight is 345 g/mol. The normalized spacial score (nSPS) is 17.2. The summed E-state index contributed by atoms with van der Waals surface area (Å²) in [5, 5.41) is 19.8. The number of nitrogens with zero attached hydrogens (tertiary/aromatic N) is 1. The summed E-state index contributed by atoms with van der Waals surface area (Å²) in [6.45, 7) is 3.78. The lowest BCUT2D eigenvalue weighted by Gasteiger charge is -2.21. The molecule has 1 aliphatic heterocycles. The smallest absolute Gasteiger partial charge is 0.340 e. The Hall–Kier alpha value is -2.83. The summed E-state index contributed by atoms with van der Waals surface area (Å²) in [6, 6.07) is 2.36. The fourth-order valence-corrected chi connectivity index (χ4v) is 3.44. The summed E-state index contributed by atoms with van der Waals surface area (Å²) >= 11 is 0. The van der Waals surface area contributed by atoms with Crippen LogP contribution in [0.5, 0.6) is 5.75 Å². The van der Waals surface area contributed by atoms with Crippen molar-refractivity contribution in [3.63, 3.8) is 0 Å². The predicted molar refractivity (Wildman–Crippen MR) is 89.7 cm³/mol. The van der Waals surface area contributed by atoms with Crippen molar-refractivity contribution in [2.75, 3.05) is 6.54 Å². The zero-order valence-electron chi connectivity index (χ0n) is 14.0. The van der Waals surface area contributed by atoms with E-state index in [1.165, 1.54) is 4.90 Å². The number of aliphatic carboxylic acids is 1. The van der Waals surface area contributed by atoms with Crippen LogP contribution in [0.15, 0.2) is 21.3 Å². The number of carbonyl (C=O) groups is 2. The molecule has 2 heterocycles. The Bertz CT molecular complexity index is 929. The van der Waals surface area contributed by atoms with Gasteiger partial charge in [0.1, 0.15) is 17.4 Å². The Morgan fingerprint density at radius 1 is 1.32 bits per heavy atom. The van der Waals surface area contributed by atoms with Crippen molar-refractivity contribution in [2.24, 2.45) is 0 Å². The molecule has 0 saturated carbocycles. The van der Waals surface area contributed by atoms with Crippen molar-refractivity contribution in [3.05, 3.63) is 39.2 Å². The van der Waals surface area contributed by atoms with E-state index < -0.39 is 23.5 Å². The Labute approximate surface area is 143 Å². The first-order chi connectivity index (χ1) is 11.8. The van der Waals surface area contributed by atoms with Gasteiger partial charge in [-0.3, -0.25) is 4.79 Å². The second kappa shape index (κ2) is 6.23. The zero-order chi connectivity index (χ0) is 18.3. The second-order valence-electron chi connectivity index (χ2n) is 6.41. The van der Waals surface area contributed by atoms with Crippen LogP contribution in [-0.2, 0) is 16.0 Å². The van der Waals surface area contributed by atoms with Crippen LogP contribution in [0.1, 0.15) is 29.5 Å². The SMILES string of the molecule is Cc1cc(O)c2c(C)c(CC(=O)N3CCC[C@@H]3C(=O)O)c(=O)oc2c1. The molecule has 25 heavy (non-hydrogen) atoms. The van der Waals surface area contributed by atoms with E-state index >= 15 is 0 Å². The first kappa shape index (κ1) is 17.0. The Morgan fingerprint density at radius 3 is 2.72 bits per heavy atom. The molecule has 1 saturated heterocycles. The number of likely N-dealkylation sites (tertiary alicyclic amines) is 1. The van der Waals surface area contributed by atoms with Gasteiger partial charge in [0.25, 0.3) is 0 Å². The maximum atomic E-state index is 12.5. The van der Waals surface area contributed by atoms with Crippen LogP contribution in [0.2, 0.25) is 0 Å². The van der Waals surface area contributed by atoms with Gasteiger partial charge in [0.05, 0.1) is 17.4 Å². The van der Waals surface area contributed by atoms with Gasteiger partial charge in [-0.05, 0) is 49.9 Å². The van der Waals surface area contributed by atoms with Gasteiger partial charge >= 0.3 is 11.6 Å². The van der Waals surface area contributed by atoms with E-state index in [1.807, 2.05) is 0 Å². The van der Waals surface area contributed by atoms with Crippen molar-refractivity contribution in [3.8, 4) is 5.75 Å². The van der Waals surface area contributed by atoms with Crippen molar-refractivity contribution < 1.29 is 24.2 Å². The molecule has 1 aliphatic rings. The van der Waals surface area contributed by atoms with Crippen LogP contribution in [0.4, 0.5) is 0 Å². The number of phenolic OH excluding ortho intramolecular Hbond substituents is 1. The lowest BCUT2D eigenvalue weighted by Crippen LogP contribution is -2.41. The number of benzene rings is 1. The number of carbonyl (C=O) groups excluding carboxylic acids is 1. The van der Waals surface area contributed by atoms with E-state index in [0.29, 0.717) is 30.3 Å². The summed E-state index contributed by atoms with van der Waals surface area (Å²) in [4.78, 5) is 37.4. The third kappa shape index (κ3) is 2.97. The lowest BCUT2D eigenvalue weighted by molar-refractivity contribution is -0.148. The van der Waals surface area contributed by atoms with Gasteiger partial charge in [-0.2, -0.15) is 0 Å². The highest BCUT2D eigenvalue weighted by molar-refractivity contribution is 5.90. The second-order valence-corrected chi connectivity index (χ2v) is 6.41. The van der Waals surface area contributed by atoms with E-state index in [1.54, 1.807) is 26.0 Å². The molecular formula is C18H19NO6. The van der Waals surface area contributed by atoms with Gasteiger partial charge in [0.2, 0.25) is 5.91 Å². The zero-order valence-corrected chi connectivity index (χ0v) is 14.0. The minimum absolute atomic E-state index is 0.0190. The number of fused-ring (bicyclic) bond motifs is 1. The lowest BCUT2D eigenvalue weighted by atomic mass is 10.0. The molecule has 7 nitrogen and oxygen atoms in total. The van der Waals surface area contributed by atoms with Crippen molar-refractivity contribution >= 4 is 22.8 Å². The first-order valence-corrected chi connectivity index (χ1v) is 8.07. The Balaban J connectivity index is 2.00. The number of rotatable bonds is 3. The number of carboxylic acid groups (broad SMARTS) is 1. The number of aryl methyl sites for hydroxylation is 2. The van der Waals surface area contributed by atoms with Gasteiger partial charge in [-0.1, -0.05) is 0 Å². The molecule has 1 atom stereocenters. The highest BCUT2D eigenvalue weighted by Crippen LogP contribution is 2.30. The minimum atomic E-state index is -1.04. The summed E-state index contributed by atoms with van der Waals surface area (Å²) in [7, 11) is 0. The number of phenols is 1. The Morgan fingerprint density at radius 2 is 2.04 bits per heavy atom. The number of amides is 1. The van der Waals surface area contributed by atoms with E-state index in [9.17, 15) is 24.6 Å². The van der Waals surface area contributed by atoms with Crippen LogP contribution in [0.25, 0.3) is 11.0 Å². The third-order valence-corrected chi connectivity index (χ3v) is 4.69. The molecule has 1 amide bonds. The quantitative estimate of drug-likeness (QED) is 0.820. The van der Waals surface area contributed by atoms with Crippen molar-refractivity contribution in [2.45, 2.75) is 39.2 Å². The number of hydrogen-bond acceptors (Lipinski definition) is 5. The topological polar surface area (TPSA) is 108 Å². The molecule has 0 spiro atoms. The molecule has 7 heteroatoms. The van der Waals surface area contributed by atoms with E-state index in [-0.39, 0.29) is 23.3 Å². The van der Waals surface area contributed by atoms with Crippen LogP contribution in [-0.4, -0.2) is 39.6 Å². The molecule has 1 aromatic heterocycles. The fraction of sp³-hybridized carbons (Fsp3) is 0.389. The standard InChI is InChI=1S/C18H19NO6/c1-9-6-13(20)16-10(2)11(18(24)25-14(16)7-9)8-15(21)19-5-3-4-12(19)17(22)23/h6-7,12,20H,3-5,8H2,1-2H3,(H,22,23)/t12-/m1/s1. The van der Waals surface area contributed by atoms with Crippen LogP contribution in [0.3, 0.4) is 0 Å². The number of hydrogen-bond donors (Lipinski definition) is 2. The molecule has 0 aliphatic carbocycles. The van der Waals surface area contributed by atoms with Gasteiger partial charge in [-0.25, -0.2) is 9.59 Å². The summed E-state index contributed by atoms with van der Waals surface area (Å²) in [5.41, 5.74) is 0.990. The van der Waals surface area contributed by atoms with E-state index in [4.69, 9.17) is 4.42 Å². The Kier molecular flexibility index (Phi) is 4.24. The van der Waals surface area contributed by atoms with Gasteiger partial charge < -0.3 is 19.5 Å². The first-order valence-electron chi connectivity index (χ1n) is 8.07. The molecular weight excluding hydrogens is 326 g/mol. The summed E-state index contributed by atoms with van der Waals surface area (Å²) in [6.07, 6.45) is 0.779. The summed E-state index contributed by atoms with van der Waals surface area (Å²) < 4.78 is 5.27.